The average molecular weight is 401 g/mol. The van der Waals surface area contributed by atoms with Gasteiger partial charge in [0.05, 0.1) is 0 Å². The number of carboxylic acids is 1. The van der Waals surface area contributed by atoms with Crippen molar-refractivity contribution in [3.8, 4) is 0 Å². The lowest BCUT2D eigenvalue weighted by atomic mass is 9.91. The lowest BCUT2D eigenvalue weighted by Gasteiger charge is -2.25. The van der Waals surface area contributed by atoms with Crippen molar-refractivity contribution in [3.63, 3.8) is 0 Å². The van der Waals surface area contributed by atoms with Crippen molar-refractivity contribution in [1.82, 2.24) is 0 Å². The van der Waals surface area contributed by atoms with Gasteiger partial charge in [0.15, 0.2) is 0 Å². The standard InChI is InChI=1S/C22H37ClO4/c1-4-5-6-7-8-10-13-18-15-16-20(23)19(18)14-11-9-12-17-22(26-2,27-3)21(24)25/h9-11,13,18-20H,4-8,12,14-17H2,1-3H3,(H,24,25)/b11-9-,13-10+/t18-,19+,20+/m0/s1. The quantitative estimate of drug-likeness (QED) is 0.169. The third kappa shape index (κ3) is 7.97. The molecule has 27 heavy (non-hydrogen) atoms. The van der Waals surface area contributed by atoms with Gasteiger partial charge in [0.2, 0.25) is 0 Å². The minimum Gasteiger partial charge on any atom is -0.477 e. The number of hydrogen-bond donors (Lipinski definition) is 1. The highest BCUT2D eigenvalue weighted by atomic mass is 35.5. The monoisotopic (exact) mass is 400 g/mol. The molecule has 1 aliphatic rings. The van der Waals surface area contributed by atoms with Crippen LogP contribution in [-0.4, -0.2) is 36.5 Å². The number of rotatable bonds is 14. The van der Waals surface area contributed by atoms with E-state index in [-0.39, 0.29) is 11.8 Å². The van der Waals surface area contributed by atoms with Crippen LogP contribution in [0.25, 0.3) is 0 Å². The van der Waals surface area contributed by atoms with Gasteiger partial charge in [0.25, 0.3) is 5.79 Å². The first-order chi connectivity index (χ1) is 13.0. The number of halogens is 1. The van der Waals surface area contributed by atoms with Crippen molar-refractivity contribution in [1.29, 1.82) is 0 Å². The molecule has 3 atom stereocenters. The van der Waals surface area contributed by atoms with Crippen molar-refractivity contribution in [2.45, 2.75) is 82.3 Å². The highest BCUT2D eigenvalue weighted by Gasteiger charge is 2.38. The maximum Gasteiger partial charge on any atom is 0.364 e. The number of unbranched alkanes of at least 4 members (excludes halogenated alkanes) is 4. The first-order valence-electron chi connectivity index (χ1n) is 10.3. The van der Waals surface area contributed by atoms with Crippen molar-refractivity contribution < 1.29 is 19.4 Å². The van der Waals surface area contributed by atoms with Crippen LogP contribution in [-0.2, 0) is 14.3 Å². The van der Waals surface area contributed by atoms with E-state index in [1.54, 1.807) is 0 Å². The lowest BCUT2D eigenvalue weighted by Crippen LogP contribution is -2.42. The fourth-order valence-electron chi connectivity index (χ4n) is 3.78. The molecule has 4 nitrogen and oxygen atoms in total. The van der Waals surface area contributed by atoms with Crippen molar-refractivity contribution in [2.24, 2.45) is 11.8 Å². The smallest absolute Gasteiger partial charge is 0.364 e. The van der Waals surface area contributed by atoms with Crippen LogP contribution in [0.15, 0.2) is 24.3 Å². The van der Waals surface area contributed by atoms with Crippen LogP contribution in [0.2, 0.25) is 0 Å². The molecule has 156 valence electrons. The summed E-state index contributed by atoms with van der Waals surface area (Å²) in [6.45, 7) is 2.24. The van der Waals surface area contributed by atoms with Crippen molar-refractivity contribution in [3.05, 3.63) is 24.3 Å². The molecule has 1 N–H and O–H groups in total. The number of carboxylic acid groups (broad SMARTS) is 1. The Morgan fingerprint density at radius 1 is 1.11 bits per heavy atom. The predicted octanol–water partition coefficient (Wildman–Crippen LogP) is 5.95. The van der Waals surface area contributed by atoms with Crippen LogP contribution in [0.1, 0.15) is 71.1 Å². The molecule has 1 fully saturated rings. The highest BCUT2D eigenvalue weighted by molar-refractivity contribution is 6.21. The molecule has 0 bridgehead atoms. The number of alkyl halides is 1. The molecule has 0 aromatic heterocycles. The van der Waals surface area contributed by atoms with E-state index >= 15 is 0 Å². The summed E-state index contributed by atoms with van der Waals surface area (Å²) in [6.07, 6.45) is 19.2. The topological polar surface area (TPSA) is 55.8 Å². The largest absolute Gasteiger partial charge is 0.477 e. The fourth-order valence-corrected chi connectivity index (χ4v) is 4.20. The number of ether oxygens (including phenoxy) is 2. The van der Waals surface area contributed by atoms with Crippen molar-refractivity contribution in [2.75, 3.05) is 14.2 Å². The van der Waals surface area contributed by atoms with Gasteiger partial charge in [-0.1, -0.05) is 50.5 Å². The Morgan fingerprint density at radius 3 is 2.48 bits per heavy atom. The summed E-state index contributed by atoms with van der Waals surface area (Å²) in [7, 11) is 2.72. The van der Waals surface area contributed by atoms with E-state index in [1.807, 2.05) is 6.08 Å². The Balaban J connectivity index is 2.42. The third-order valence-electron chi connectivity index (χ3n) is 5.60. The summed E-state index contributed by atoms with van der Waals surface area (Å²) in [5, 5.41) is 9.50. The van der Waals surface area contributed by atoms with Crippen LogP contribution >= 0.6 is 11.6 Å². The molecule has 0 unspecified atom stereocenters. The molecule has 0 aromatic rings. The Bertz CT molecular complexity index is 471. The van der Waals surface area contributed by atoms with E-state index in [4.69, 9.17) is 21.1 Å². The zero-order valence-electron chi connectivity index (χ0n) is 17.2. The second kappa shape index (κ2) is 13.4. The highest BCUT2D eigenvalue weighted by Crippen LogP contribution is 2.39. The third-order valence-corrected chi connectivity index (χ3v) is 6.14. The van der Waals surface area contributed by atoms with Gasteiger partial charge in [0.1, 0.15) is 0 Å². The number of allylic oxidation sites excluding steroid dienone is 4. The molecular formula is C22H37ClO4. The van der Waals surface area contributed by atoms with E-state index < -0.39 is 11.8 Å². The van der Waals surface area contributed by atoms with Gasteiger partial charge in [-0.3, -0.25) is 0 Å². The minimum absolute atomic E-state index is 0.223. The summed E-state index contributed by atoms with van der Waals surface area (Å²) >= 11 is 6.54. The summed E-state index contributed by atoms with van der Waals surface area (Å²) in [6, 6.07) is 0. The van der Waals surface area contributed by atoms with Gasteiger partial charge >= 0.3 is 5.97 Å². The maximum absolute atomic E-state index is 11.3. The molecule has 0 aromatic carbocycles. The molecule has 1 aliphatic carbocycles. The van der Waals surface area contributed by atoms with E-state index in [0.717, 1.165) is 25.7 Å². The van der Waals surface area contributed by atoms with E-state index in [9.17, 15) is 9.90 Å². The number of carbonyl (C=O) groups is 1. The zero-order valence-corrected chi connectivity index (χ0v) is 17.9. The second-order valence-electron chi connectivity index (χ2n) is 7.41. The molecule has 0 amide bonds. The van der Waals surface area contributed by atoms with Crippen LogP contribution < -0.4 is 0 Å². The van der Waals surface area contributed by atoms with Crippen LogP contribution in [0.3, 0.4) is 0 Å². The molecule has 0 aliphatic heterocycles. The minimum atomic E-state index is -1.56. The number of hydrogen-bond acceptors (Lipinski definition) is 3. The average Bonchev–Trinajstić information content (AvgIpc) is 3.01. The molecule has 0 radical (unpaired) electrons. The first kappa shape index (κ1) is 24.2. The second-order valence-corrected chi connectivity index (χ2v) is 7.97. The van der Waals surface area contributed by atoms with Crippen LogP contribution in [0.5, 0.6) is 0 Å². The Morgan fingerprint density at radius 2 is 1.85 bits per heavy atom. The van der Waals surface area contributed by atoms with Gasteiger partial charge in [0, 0.05) is 26.0 Å². The fraction of sp³-hybridized carbons (Fsp3) is 0.773. The van der Waals surface area contributed by atoms with Gasteiger partial charge in [-0.15, -0.1) is 11.6 Å². The molecule has 1 saturated carbocycles. The summed E-state index contributed by atoms with van der Waals surface area (Å²) in [4.78, 5) is 11.3. The number of methoxy groups -OCH3 is 2. The lowest BCUT2D eigenvalue weighted by molar-refractivity contribution is -0.227. The summed E-state index contributed by atoms with van der Waals surface area (Å²) < 4.78 is 10.1. The Labute approximate surface area is 170 Å². The maximum atomic E-state index is 11.3. The molecule has 0 spiro atoms. The Hall–Kier alpha value is -0.840. The normalized spacial score (nSPS) is 23.6. The Kier molecular flexibility index (Phi) is 12.0. The van der Waals surface area contributed by atoms with E-state index in [1.165, 1.54) is 39.9 Å². The van der Waals surface area contributed by atoms with Gasteiger partial charge < -0.3 is 14.6 Å². The molecule has 5 heteroatoms. The predicted molar refractivity (Wildman–Crippen MR) is 111 cm³/mol. The molecule has 0 saturated heterocycles. The SMILES string of the molecule is CCCCCC/C=C/[C@H]1CC[C@@H](Cl)[C@@H]1C/C=C\CCC(OC)(OC)C(=O)O. The first-order valence-corrected chi connectivity index (χ1v) is 10.7. The number of aliphatic carboxylic acids is 1. The zero-order chi connectivity index (χ0) is 20.1. The molecular weight excluding hydrogens is 364 g/mol. The molecule has 1 rings (SSSR count). The summed E-state index contributed by atoms with van der Waals surface area (Å²) in [5.74, 6) is -1.64. The summed E-state index contributed by atoms with van der Waals surface area (Å²) in [5.41, 5.74) is 0. The molecule has 0 heterocycles. The van der Waals surface area contributed by atoms with Crippen LogP contribution in [0, 0.1) is 11.8 Å². The van der Waals surface area contributed by atoms with E-state index in [2.05, 4.69) is 25.2 Å². The van der Waals surface area contributed by atoms with Gasteiger partial charge in [-0.05, 0) is 50.4 Å². The van der Waals surface area contributed by atoms with Crippen molar-refractivity contribution >= 4 is 17.6 Å². The van der Waals surface area contributed by atoms with Crippen LogP contribution in [0.4, 0.5) is 0 Å². The van der Waals surface area contributed by atoms with Gasteiger partial charge in [-0.25, -0.2) is 4.79 Å². The van der Waals surface area contributed by atoms with Gasteiger partial charge in [-0.2, -0.15) is 0 Å². The van der Waals surface area contributed by atoms with E-state index in [0.29, 0.717) is 18.3 Å².